The number of hydrogen-bond donors (Lipinski definition) is 1. The molecule has 1 aromatic carbocycles. The molecule has 2 N–H and O–H groups in total. The molecule has 0 amide bonds. The van der Waals surface area contributed by atoms with E-state index in [1.807, 2.05) is 11.8 Å². The van der Waals surface area contributed by atoms with E-state index in [0.29, 0.717) is 6.04 Å². The molecule has 0 bridgehead atoms. The zero-order valence-corrected chi connectivity index (χ0v) is 11.3. The van der Waals surface area contributed by atoms with Gasteiger partial charge in [0.25, 0.3) is 0 Å². The highest BCUT2D eigenvalue weighted by Crippen LogP contribution is 2.26. The van der Waals surface area contributed by atoms with Crippen molar-refractivity contribution >= 4 is 11.8 Å². The zero-order chi connectivity index (χ0) is 12.1. The van der Waals surface area contributed by atoms with E-state index in [1.54, 1.807) is 0 Å². The molecule has 1 heterocycles. The van der Waals surface area contributed by atoms with Crippen molar-refractivity contribution in [2.45, 2.75) is 32.2 Å². The number of ether oxygens (including phenoxy) is 1. The van der Waals surface area contributed by atoms with Gasteiger partial charge in [-0.05, 0) is 35.8 Å². The Kier molecular flexibility index (Phi) is 4.75. The normalized spacial score (nSPS) is 15.4. The van der Waals surface area contributed by atoms with Crippen LogP contribution in [0.3, 0.4) is 0 Å². The van der Waals surface area contributed by atoms with Crippen LogP contribution in [0, 0.1) is 0 Å². The molecule has 1 unspecified atom stereocenters. The van der Waals surface area contributed by atoms with Gasteiger partial charge in [-0.25, -0.2) is 0 Å². The Hall–Kier alpha value is -0.670. The molecule has 0 aromatic heterocycles. The number of aryl methyl sites for hydroxylation is 1. The first kappa shape index (κ1) is 12.8. The van der Waals surface area contributed by atoms with Gasteiger partial charge < -0.3 is 10.5 Å². The summed E-state index contributed by atoms with van der Waals surface area (Å²) in [7, 11) is 0. The van der Waals surface area contributed by atoms with Crippen LogP contribution in [0.1, 0.15) is 24.5 Å². The standard InChI is InChI=1S/C14H21NOS/c1-2-13(15)10-17-8-6-11-3-4-14-12(9-11)5-7-16-14/h3-4,9,13H,2,5-8,10,15H2,1H3. The molecule has 0 aliphatic carbocycles. The summed E-state index contributed by atoms with van der Waals surface area (Å²) in [5.74, 6) is 3.31. The minimum atomic E-state index is 0.355. The average Bonchev–Trinajstić information content (AvgIpc) is 2.81. The Balaban J connectivity index is 1.76. The summed E-state index contributed by atoms with van der Waals surface area (Å²) in [6.45, 7) is 2.99. The summed E-state index contributed by atoms with van der Waals surface area (Å²) in [5, 5.41) is 0. The van der Waals surface area contributed by atoms with Crippen molar-refractivity contribution in [1.82, 2.24) is 0 Å². The summed E-state index contributed by atoms with van der Waals surface area (Å²) < 4.78 is 5.50. The van der Waals surface area contributed by atoms with Gasteiger partial charge in [0.05, 0.1) is 6.61 Å². The predicted molar refractivity (Wildman–Crippen MR) is 74.9 cm³/mol. The van der Waals surface area contributed by atoms with E-state index in [1.165, 1.54) is 11.1 Å². The van der Waals surface area contributed by atoms with E-state index in [0.717, 1.165) is 43.1 Å². The SMILES string of the molecule is CCC(N)CSCCc1ccc2c(c1)CCO2. The van der Waals surface area contributed by atoms with Crippen LogP contribution in [0.2, 0.25) is 0 Å². The Bertz CT molecular complexity index is 367. The van der Waals surface area contributed by atoms with E-state index >= 15 is 0 Å². The highest BCUT2D eigenvalue weighted by Gasteiger charge is 2.11. The first-order valence-corrected chi connectivity index (χ1v) is 7.53. The summed E-state index contributed by atoms with van der Waals surface area (Å²) in [4.78, 5) is 0. The van der Waals surface area contributed by atoms with Crippen LogP contribution in [0.15, 0.2) is 18.2 Å². The van der Waals surface area contributed by atoms with Crippen molar-refractivity contribution in [2.24, 2.45) is 5.73 Å². The number of rotatable bonds is 6. The minimum Gasteiger partial charge on any atom is -0.493 e. The Morgan fingerprint density at radius 2 is 2.35 bits per heavy atom. The van der Waals surface area contributed by atoms with E-state index in [9.17, 15) is 0 Å². The van der Waals surface area contributed by atoms with Crippen LogP contribution in [0.25, 0.3) is 0 Å². The second-order valence-electron chi connectivity index (χ2n) is 4.53. The van der Waals surface area contributed by atoms with E-state index in [2.05, 4.69) is 25.1 Å². The molecule has 1 atom stereocenters. The van der Waals surface area contributed by atoms with Crippen molar-refractivity contribution in [3.63, 3.8) is 0 Å². The first-order valence-electron chi connectivity index (χ1n) is 6.37. The first-order chi connectivity index (χ1) is 8.29. The Labute approximate surface area is 108 Å². The summed E-state index contributed by atoms with van der Waals surface area (Å²) >= 11 is 1.96. The molecule has 0 radical (unpaired) electrons. The lowest BCUT2D eigenvalue weighted by Gasteiger charge is -2.08. The predicted octanol–water partition coefficient (Wildman–Crippen LogP) is 2.63. The monoisotopic (exact) mass is 251 g/mol. The lowest BCUT2D eigenvalue weighted by molar-refractivity contribution is 0.357. The number of thioether (sulfide) groups is 1. The van der Waals surface area contributed by atoms with Gasteiger partial charge in [-0.1, -0.05) is 19.1 Å². The highest BCUT2D eigenvalue weighted by molar-refractivity contribution is 7.99. The average molecular weight is 251 g/mol. The van der Waals surface area contributed by atoms with Gasteiger partial charge >= 0.3 is 0 Å². The number of hydrogen-bond acceptors (Lipinski definition) is 3. The molecule has 3 heteroatoms. The van der Waals surface area contributed by atoms with Crippen molar-refractivity contribution in [3.8, 4) is 5.75 Å². The van der Waals surface area contributed by atoms with Gasteiger partial charge in [0.15, 0.2) is 0 Å². The molecule has 1 aromatic rings. The van der Waals surface area contributed by atoms with Crippen LogP contribution in [-0.4, -0.2) is 24.2 Å². The number of nitrogens with two attached hydrogens (primary N) is 1. The maximum atomic E-state index is 5.89. The largest absolute Gasteiger partial charge is 0.493 e. The highest BCUT2D eigenvalue weighted by atomic mass is 32.2. The molecule has 0 spiro atoms. The third-order valence-electron chi connectivity index (χ3n) is 3.15. The molecular formula is C14H21NOS. The third kappa shape index (κ3) is 3.65. The summed E-state index contributed by atoms with van der Waals surface area (Å²) in [6, 6.07) is 6.95. The van der Waals surface area contributed by atoms with Crippen molar-refractivity contribution in [3.05, 3.63) is 29.3 Å². The van der Waals surface area contributed by atoms with Crippen molar-refractivity contribution in [2.75, 3.05) is 18.1 Å². The Morgan fingerprint density at radius 1 is 1.47 bits per heavy atom. The van der Waals surface area contributed by atoms with Crippen LogP contribution in [0.5, 0.6) is 5.75 Å². The Morgan fingerprint density at radius 3 is 3.18 bits per heavy atom. The molecule has 2 rings (SSSR count). The topological polar surface area (TPSA) is 35.2 Å². The fraction of sp³-hybridized carbons (Fsp3) is 0.571. The molecule has 0 fully saturated rings. The van der Waals surface area contributed by atoms with Crippen LogP contribution < -0.4 is 10.5 Å². The maximum Gasteiger partial charge on any atom is 0.122 e. The van der Waals surface area contributed by atoms with Gasteiger partial charge in [0, 0.05) is 18.2 Å². The van der Waals surface area contributed by atoms with E-state index < -0.39 is 0 Å². The molecule has 1 aliphatic heterocycles. The van der Waals surface area contributed by atoms with Gasteiger partial charge in [-0.2, -0.15) is 11.8 Å². The minimum absolute atomic E-state index is 0.355. The van der Waals surface area contributed by atoms with Crippen molar-refractivity contribution in [1.29, 1.82) is 0 Å². The van der Waals surface area contributed by atoms with Crippen LogP contribution in [-0.2, 0) is 12.8 Å². The number of benzene rings is 1. The molecule has 17 heavy (non-hydrogen) atoms. The van der Waals surface area contributed by atoms with Crippen LogP contribution >= 0.6 is 11.8 Å². The van der Waals surface area contributed by atoms with Gasteiger partial charge in [-0.3, -0.25) is 0 Å². The van der Waals surface area contributed by atoms with Crippen LogP contribution in [0.4, 0.5) is 0 Å². The molecule has 1 aliphatic rings. The fourth-order valence-corrected chi connectivity index (χ4v) is 3.02. The summed E-state index contributed by atoms with van der Waals surface area (Å²) in [5.41, 5.74) is 8.68. The molecule has 2 nitrogen and oxygen atoms in total. The molecule has 94 valence electrons. The lowest BCUT2D eigenvalue weighted by atomic mass is 10.1. The maximum absolute atomic E-state index is 5.89. The van der Waals surface area contributed by atoms with E-state index in [-0.39, 0.29) is 0 Å². The van der Waals surface area contributed by atoms with Gasteiger partial charge in [-0.15, -0.1) is 0 Å². The fourth-order valence-electron chi connectivity index (χ4n) is 1.94. The molecular weight excluding hydrogens is 230 g/mol. The van der Waals surface area contributed by atoms with Gasteiger partial charge in [0.1, 0.15) is 5.75 Å². The summed E-state index contributed by atoms with van der Waals surface area (Å²) in [6.07, 6.45) is 3.27. The smallest absolute Gasteiger partial charge is 0.122 e. The number of fused-ring (bicyclic) bond motifs is 1. The molecule has 0 saturated heterocycles. The second kappa shape index (κ2) is 6.31. The van der Waals surface area contributed by atoms with Crippen molar-refractivity contribution < 1.29 is 4.74 Å². The second-order valence-corrected chi connectivity index (χ2v) is 5.68. The quantitative estimate of drug-likeness (QED) is 0.789. The molecule has 0 saturated carbocycles. The third-order valence-corrected chi connectivity index (χ3v) is 4.30. The lowest BCUT2D eigenvalue weighted by Crippen LogP contribution is -2.21. The zero-order valence-electron chi connectivity index (χ0n) is 10.4. The van der Waals surface area contributed by atoms with Gasteiger partial charge in [0.2, 0.25) is 0 Å². The van der Waals surface area contributed by atoms with E-state index in [4.69, 9.17) is 10.5 Å².